The molecule has 1 aliphatic rings. The maximum atomic E-state index is 11.2. The predicted molar refractivity (Wildman–Crippen MR) is 115 cm³/mol. The number of benzene rings is 3. The van der Waals surface area contributed by atoms with Gasteiger partial charge in [-0.15, -0.1) is 0 Å². The first-order valence-corrected chi connectivity index (χ1v) is 9.51. The van der Waals surface area contributed by atoms with Gasteiger partial charge < -0.3 is 9.64 Å². The summed E-state index contributed by atoms with van der Waals surface area (Å²) >= 11 is 0. The molecule has 0 saturated carbocycles. The Bertz CT molecular complexity index is 1010. The third-order valence-electron chi connectivity index (χ3n) is 4.90. The topological polar surface area (TPSA) is 68.0 Å². The van der Waals surface area contributed by atoms with E-state index in [9.17, 15) is 10.1 Å². The van der Waals surface area contributed by atoms with Crippen LogP contribution in [0.15, 0.2) is 77.8 Å². The second-order valence-electron chi connectivity index (χ2n) is 6.77. The smallest absolute Gasteiger partial charge is 0.270 e. The van der Waals surface area contributed by atoms with Crippen LogP contribution in [0.2, 0.25) is 0 Å². The lowest BCUT2D eigenvalue weighted by Gasteiger charge is -2.29. The van der Waals surface area contributed by atoms with Crippen molar-refractivity contribution in [1.82, 2.24) is 0 Å². The van der Waals surface area contributed by atoms with Crippen LogP contribution in [0.3, 0.4) is 0 Å². The number of anilines is 1. The zero-order chi connectivity index (χ0) is 20.1. The van der Waals surface area contributed by atoms with Crippen molar-refractivity contribution in [2.24, 2.45) is 4.99 Å². The molecule has 0 amide bonds. The maximum Gasteiger partial charge on any atom is 0.270 e. The molecule has 6 nitrogen and oxygen atoms in total. The Morgan fingerprint density at radius 3 is 2.31 bits per heavy atom. The molecule has 1 fully saturated rings. The number of nitrogens with zero attached hydrogens (tertiary/aromatic N) is 3. The Morgan fingerprint density at radius 2 is 1.62 bits per heavy atom. The van der Waals surface area contributed by atoms with Crippen LogP contribution in [0.5, 0.6) is 0 Å². The van der Waals surface area contributed by atoms with Crippen LogP contribution in [0, 0.1) is 10.1 Å². The quantitative estimate of drug-likeness (QED) is 0.357. The summed E-state index contributed by atoms with van der Waals surface area (Å²) in [7, 11) is 0. The van der Waals surface area contributed by atoms with Gasteiger partial charge in [0.05, 0.1) is 23.8 Å². The Kier molecular flexibility index (Phi) is 5.63. The van der Waals surface area contributed by atoms with Crippen molar-refractivity contribution >= 4 is 23.3 Å². The summed E-state index contributed by atoms with van der Waals surface area (Å²) in [6.45, 7) is 2.80. The van der Waals surface area contributed by atoms with Crippen LogP contribution < -0.4 is 4.90 Å². The molecule has 0 bridgehead atoms. The SMILES string of the molecule is O=[N+]([O-])c1ccc(N2CCOCC2)c(C=Nc2ccc(-c3ccccc3)cc2)c1. The molecule has 1 saturated heterocycles. The predicted octanol–water partition coefficient (Wildman–Crippen LogP) is 4.85. The molecule has 146 valence electrons. The van der Waals surface area contributed by atoms with Gasteiger partial charge >= 0.3 is 0 Å². The van der Waals surface area contributed by atoms with Gasteiger partial charge in [0.15, 0.2) is 0 Å². The first-order chi connectivity index (χ1) is 14.2. The van der Waals surface area contributed by atoms with Crippen molar-refractivity contribution < 1.29 is 9.66 Å². The van der Waals surface area contributed by atoms with Crippen LogP contribution >= 0.6 is 0 Å². The Hall–Kier alpha value is -3.51. The molecular weight excluding hydrogens is 366 g/mol. The maximum absolute atomic E-state index is 11.2. The molecule has 3 aromatic rings. The highest BCUT2D eigenvalue weighted by Crippen LogP contribution is 2.27. The van der Waals surface area contributed by atoms with Gasteiger partial charge in [0.2, 0.25) is 0 Å². The Labute approximate surface area is 169 Å². The largest absolute Gasteiger partial charge is 0.378 e. The fourth-order valence-corrected chi connectivity index (χ4v) is 3.37. The van der Waals surface area contributed by atoms with E-state index in [1.807, 2.05) is 42.5 Å². The summed E-state index contributed by atoms with van der Waals surface area (Å²) in [6, 6.07) is 23.0. The van der Waals surface area contributed by atoms with Gasteiger partial charge in [-0.3, -0.25) is 15.1 Å². The molecule has 29 heavy (non-hydrogen) atoms. The number of ether oxygens (including phenoxy) is 1. The number of hydrogen-bond acceptors (Lipinski definition) is 5. The zero-order valence-electron chi connectivity index (χ0n) is 15.9. The first-order valence-electron chi connectivity index (χ1n) is 9.51. The van der Waals surface area contributed by atoms with Crippen LogP contribution in [0.1, 0.15) is 5.56 Å². The van der Waals surface area contributed by atoms with E-state index in [4.69, 9.17) is 4.74 Å². The fourth-order valence-electron chi connectivity index (χ4n) is 3.37. The van der Waals surface area contributed by atoms with Gasteiger partial charge in [-0.2, -0.15) is 0 Å². The number of morpholine rings is 1. The molecule has 3 aromatic carbocycles. The minimum Gasteiger partial charge on any atom is -0.378 e. The number of aliphatic imine (C=N–C) groups is 1. The molecule has 4 rings (SSSR count). The van der Waals surface area contributed by atoms with Crippen LogP contribution in [-0.4, -0.2) is 37.4 Å². The lowest BCUT2D eigenvalue weighted by atomic mass is 10.1. The second-order valence-corrected chi connectivity index (χ2v) is 6.77. The molecule has 0 spiro atoms. The van der Waals surface area contributed by atoms with Crippen LogP contribution in [0.4, 0.5) is 17.1 Å². The van der Waals surface area contributed by atoms with Gasteiger partial charge in [0, 0.05) is 42.7 Å². The Morgan fingerprint density at radius 1 is 0.931 bits per heavy atom. The average molecular weight is 387 g/mol. The molecule has 0 aromatic heterocycles. The third kappa shape index (κ3) is 4.50. The normalized spacial score (nSPS) is 14.3. The van der Waals surface area contributed by atoms with E-state index < -0.39 is 0 Å². The molecule has 1 heterocycles. The zero-order valence-corrected chi connectivity index (χ0v) is 15.9. The van der Waals surface area contributed by atoms with Crippen molar-refractivity contribution in [3.63, 3.8) is 0 Å². The molecular formula is C23H21N3O3. The number of hydrogen-bond donors (Lipinski definition) is 0. The van der Waals surface area contributed by atoms with E-state index in [-0.39, 0.29) is 10.6 Å². The summed E-state index contributed by atoms with van der Waals surface area (Å²) in [5.74, 6) is 0. The summed E-state index contributed by atoms with van der Waals surface area (Å²) in [6.07, 6.45) is 1.70. The van der Waals surface area contributed by atoms with Gasteiger partial charge in [-0.25, -0.2) is 0 Å². The molecule has 0 unspecified atom stereocenters. The fraction of sp³-hybridized carbons (Fsp3) is 0.174. The summed E-state index contributed by atoms with van der Waals surface area (Å²) in [4.78, 5) is 17.6. The molecule has 0 atom stereocenters. The first kappa shape index (κ1) is 18.8. The van der Waals surface area contributed by atoms with E-state index in [0.717, 1.165) is 41.2 Å². The van der Waals surface area contributed by atoms with E-state index in [0.29, 0.717) is 13.2 Å². The second kappa shape index (κ2) is 8.67. The lowest BCUT2D eigenvalue weighted by Crippen LogP contribution is -2.36. The molecule has 0 radical (unpaired) electrons. The van der Waals surface area contributed by atoms with Crippen LogP contribution in [-0.2, 0) is 4.74 Å². The van der Waals surface area contributed by atoms with Crippen molar-refractivity contribution in [3.05, 3.63) is 88.5 Å². The molecule has 0 N–H and O–H groups in total. The minimum atomic E-state index is -0.380. The highest BCUT2D eigenvalue weighted by atomic mass is 16.6. The Balaban J connectivity index is 1.61. The van der Waals surface area contributed by atoms with Crippen molar-refractivity contribution in [1.29, 1.82) is 0 Å². The van der Waals surface area contributed by atoms with Gasteiger partial charge in [0.25, 0.3) is 5.69 Å². The molecule has 0 aliphatic carbocycles. The number of nitro groups is 1. The standard InChI is InChI=1S/C23H21N3O3/c27-26(28)22-10-11-23(25-12-14-29-15-13-25)20(16-22)17-24-21-8-6-19(7-9-21)18-4-2-1-3-5-18/h1-11,16-17H,12-15H2. The lowest BCUT2D eigenvalue weighted by molar-refractivity contribution is -0.384. The molecule has 6 heteroatoms. The van der Waals surface area contributed by atoms with Crippen molar-refractivity contribution in [3.8, 4) is 11.1 Å². The van der Waals surface area contributed by atoms with Crippen LogP contribution in [0.25, 0.3) is 11.1 Å². The van der Waals surface area contributed by atoms with Gasteiger partial charge in [-0.05, 0) is 29.3 Å². The minimum absolute atomic E-state index is 0.0582. The van der Waals surface area contributed by atoms with E-state index in [1.165, 1.54) is 6.07 Å². The third-order valence-corrected chi connectivity index (χ3v) is 4.90. The summed E-state index contributed by atoms with van der Waals surface area (Å²) in [5.41, 5.74) is 4.79. The molecule has 1 aliphatic heterocycles. The monoisotopic (exact) mass is 387 g/mol. The van der Waals surface area contributed by atoms with E-state index in [1.54, 1.807) is 18.3 Å². The van der Waals surface area contributed by atoms with Gasteiger partial charge in [0.1, 0.15) is 0 Å². The average Bonchev–Trinajstić information content (AvgIpc) is 2.79. The van der Waals surface area contributed by atoms with Crippen molar-refractivity contribution in [2.75, 3.05) is 31.2 Å². The van der Waals surface area contributed by atoms with E-state index in [2.05, 4.69) is 22.0 Å². The summed E-state index contributed by atoms with van der Waals surface area (Å²) < 4.78 is 5.42. The van der Waals surface area contributed by atoms with E-state index >= 15 is 0 Å². The number of nitro benzene ring substituents is 1. The number of non-ortho nitro benzene ring substituents is 1. The van der Waals surface area contributed by atoms with Gasteiger partial charge in [-0.1, -0.05) is 42.5 Å². The number of rotatable bonds is 5. The summed E-state index contributed by atoms with van der Waals surface area (Å²) in [5, 5.41) is 11.2. The highest BCUT2D eigenvalue weighted by Gasteiger charge is 2.17. The van der Waals surface area contributed by atoms with Crippen molar-refractivity contribution in [2.45, 2.75) is 0 Å². The highest BCUT2D eigenvalue weighted by molar-refractivity contribution is 5.90.